The highest BCUT2D eigenvalue weighted by molar-refractivity contribution is 7.93. The van der Waals surface area contributed by atoms with E-state index >= 15 is 0 Å². The number of aromatic nitrogens is 2. The van der Waals surface area contributed by atoms with E-state index in [0.717, 1.165) is 18.2 Å². The van der Waals surface area contributed by atoms with Gasteiger partial charge >= 0.3 is 6.18 Å². The highest BCUT2D eigenvalue weighted by atomic mass is 35.5. The number of fused-ring (bicyclic) bond motifs is 1. The van der Waals surface area contributed by atoms with Crippen LogP contribution in [-0.2, 0) is 16.2 Å². The molecule has 0 aliphatic carbocycles. The minimum Gasteiger partial charge on any atom is -0.488 e. The maximum Gasteiger partial charge on any atom is 0.419 e. The lowest BCUT2D eigenvalue weighted by Crippen LogP contribution is -2.23. The zero-order chi connectivity index (χ0) is 22.4. The summed E-state index contributed by atoms with van der Waals surface area (Å²) in [5, 5.41) is 6.99. The molecular weight excluding hydrogens is 461 g/mol. The number of ether oxygens (including phenoxy) is 1. The molecule has 1 atom stereocenters. The number of benzene rings is 2. The lowest BCUT2D eigenvalue weighted by Gasteiger charge is -2.19. The number of nitrogens with zero attached hydrogens (tertiary/aromatic N) is 3. The van der Waals surface area contributed by atoms with E-state index in [9.17, 15) is 21.6 Å². The zero-order valence-electron chi connectivity index (χ0n) is 16.0. The Balaban J connectivity index is 1.70. The van der Waals surface area contributed by atoms with Gasteiger partial charge in [-0.2, -0.15) is 13.2 Å². The first-order chi connectivity index (χ1) is 14.5. The predicted octanol–water partition coefficient (Wildman–Crippen LogP) is 3.78. The van der Waals surface area contributed by atoms with Crippen LogP contribution in [0.5, 0.6) is 5.75 Å². The second kappa shape index (κ2) is 7.84. The first-order valence-corrected chi connectivity index (χ1v) is 10.9. The van der Waals surface area contributed by atoms with Crippen LogP contribution < -0.4 is 9.46 Å². The lowest BCUT2D eigenvalue weighted by atomic mass is 10.1. The van der Waals surface area contributed by atoms with Crippen LogP contribution >= 0.6 is 11.6 Å². The third kappa shape index (κ3) is 4.41. The van der Waals surface area contributed by atoms with Crippen LogP contribution in [0.3, 0.4) is 0 Å². The molecule has 31 heavy (non-hydrogen) atoms. The highest BCUT2D eigenvalue weighted by Gasteiger charge is 2.36. The molecule has 2 aromatic carbocycles. The summed E-state index contributed by atoms with van der Waals surface area (Å²) in [6.07, 6.45) is -4.55. The van der Waals surface area contributed by atoms with Crippen LogP contribution in [0.25, 0.3) is 11.0 Å². The van der Waals surface area contributed by atoms with Crippen LogP contribution in [0.15, 0.2) is 39.9 Å². The van der Waals surface area contributed by atoms with Crippen molar-refractivity contribution in [3.8, 4) is 5.75 Å². The fraction of sp³-hybridized carbons (Fsp3) is 0.333. The van der Waals surface area contributed by atoms with Crippen molar-refractivity contribution in [1.29, 1.82) is 0 Å². The molecule has 0 spiro atoms. The van der Waals surface area contributed by atoms with Crippen LogP contribution in [0, 0.1) is 0 Å². The molecule has 1 aliphatic rings. The number of anilines is 1. The van der Waals surface area contributed by atoms with Gasteiger partial charge in [0.1, 0.15) is 22.3 Å². The second-order valence-corrected chi connectivity index (χ2v) is 9.14. The monoisotopic (exact) mass is 476 g/mol. The molecule has 1 fully saturated rings. The second-order valence-electron chi connectivity index (χ2n) is 7.11. The van der Waals surface area contributed by atoms with E-state index in [2.05, 4.69) is 19.7 Å². The average molecular weight is 477 g/mol. The van der Waals surface area contributed by atoms with E-state index in [1.165, 1.54) is 12.1 Å². The van der Waals surface area contributed by atoms with Gasteiger partial charge in [-0.05, 0) is 48.0 Å². The molecule has 1 N–H and O–H groups in total. The van der Waals surface area contributed by atoms with Crippen molar-refractivity contribution >= 4 is 38.3 Å². The third-order valence-corrected chi connectivity index (χ3v) is 6.67. The maximum atomic E-state index is 13.5. The topological polar surface area (TPSA) is 97.6 Å². The minimum absolute atomic E-state index is 0.0997. The van der Waals surface area contributed by atoms with Gasteiger partial charge < -0.3 is 9.64 Å². The molecule has 8 nitrogen and oxygen atoms in total. The molecule has 1 aliphatic heterocycles. The number of alkyl halides is 3. The summed E-state index contributed by atoms with van der Waals surface area (Å²) < 4.78 is 78.6. The minimum atomic E-state index is -4.67. The van der Waals surface area contributed by atoms with Gasteiger partial charge in [-0.3, -0.25) is 4.72 Å². The molecule has 0 unspecified atom stereocenters. The molecule has 3 aromatic rings. The van der Waals surface area contributed by atoms with E-state index in [1.54, 1.807) is 0 Å². The maximum absolute atomic E-state index is 13.5. The fourth-order valence-electron chi connectivity index (χ4n) is 3.35. The molecule has 2 heterocycles. The van der Waals surface area contributed by atoms with Crippen LogP contribution in [0.2, 0.25) is 5.02 Å². The summed E-state index contributed by atoms with van der Waals surface area (Å²) in [5.41, 5.74) is -1.06. The standard InChI is InChI=1S/C18H16ClF3N4O4S/c1-26-7-6-11(9-26)29-15-8-10(2-3-12(15)18(20,21)22)25-31(27,28)17-13(19)4-5-14-16(17)24-30-23-14/h2-5,8,11,25H,6-7,9H2,1H3/t11-/m1/s1. The molecule has 0 radical (unpaired) electrons. The number of hydrogen-bond acceptors (Lipinski definition) is 7. The third-order valence-electron chi connectivity index (χ3n) is 4.78. The van der Waals surface area contributed by atoms with Gasteiger partial charge in [-0.15, -0.1) is 0 Å². The number of hydrogen-bond donors (Lipinski definition) is 1. The Kier molecular flexibility index (Phi) is 5.48. The Morgan fingerprint density at radius 2 is 2.03 bits per heavy atom. The van der Waals surface area contributed by atoms with E-state index in [0.29, 0.717) is 19.5 Å². The largest absolute Gasteiger partial charge is 0.488 e. The normalized spacial score (nSPS) is 17.9. The number of halogens is 4. The van der Waals surface area contributed by atoms with E-state index < -0.39 is 38.5 Å². The van der Waals surface area contributed by atoms with Gasteiger partial charge in [0.05, 0.1) is 16.3 Å². The highest BCUT2D eigenvalue weighted by Crippen LogP contribution is 2.39. The molecule has 166 valence electrons. The van der Waals surface area contributed by atoms with E-state index in [1.807, 2.05) is 11.9 Å². The number of nitrogens with one attached hydrogen (secondary N) is 1. The van der Waals surface area contributed by atoms with Gasteiger partial charge in [0.25, 0.3) is 10.0 Å². The van der Waals surface area contributed by atoms with Crippen molar-refractivity contribution in [2.24, 2.45) is 0 Å². The Hall–Kier alpha value is -2.57. The molecule has 1 aromatic heterocycles. The van der Waals surface area contributed by atoms with Crippen molar-refractivity contribution in [1.82, 2.24) is 15.2 Å². The van der Waals surface area contributed by atoms with Crippen LogP contribution in [0.4, 0.5) is 18.9 Å². The van der Waals surface area contributed by atoms with Crippen LogP contribution in [0.1, 0.15) is 12.0 Å². The van der Waals surface area contributed by atoms with Crippen molar-refractivity contribution in [3.63, 3.8) is 0 Å². The predicted molar refractivity (Wildman–Crippen MR) is 106 cm³/mol. The smallest absolute Gasteiger partial charge is 0.419 e. The van der Waals surface area contributed by atoms with E-state index in [-0.39, 0.29) is 21.7 Å². The first kappa shape index (κ1) is 21.7. The number of likely N-dealkylation sites (tertiary alicyclic amines) is 1. The Labute approximate surface area is 179 Å². The summed E-state index contributed by atoms with van der Waals surface area (Å²) in [7, 11) is -2.50. The van der Waals surface area contributed by atoms with Crippen molar-refractivity contribution in [3.05, 3.63) is 40.9 Å². The number of likely N-dealkylation sites (N-methyl/N-ethyl adjacent to an activating group) is 1. The zero-order valence-corrected chi connectivity index (χ0v) is 17.6. The summed E-state index contributed by atoms with van der Waals surface area (Å²) in [6.45, 7) is 1.15. The summed E-state index contributed by atoms with van der Waals surface area (Å²) in [5.74, 6) is -0.458. The van der Waals surface area contributed by atoms with Gasteiger partial charge in [0, 0.05) is 19.2 Å². The molecule has 0 amide bonds. The number of rotatable bonds is 5. The molecular formula is C18H16ClF3N4O4S. The van der Waals surface area contributed by atoms with Crippen molar-refractivity contribution < 1.29 is 31.0 Å². The van der Waals surface area contributed by atoms with Gasteiger partial charge in [-0.25, -0.2) is 13.0 Å². The summed E-state index contributed by atoms with van der Waals surface area (Å²) >= 11 is 6.05. The lowest BCUT2D eigenvalue weighted by molar-refractivity contribution is -0.139. The quantitative estimate of drug-likeness (QED) is 0.598. The Morgan fingerprint density at radius 1 is 1.26 bits per heavy atom. The summed E-state index contributed by atoms with van der Waals surface area (Å²) in [4.78, 5) is 1.53. The SMILES string of the molecule is CN1CC[C@@H](Oc2cc(NS(=O)(=O)c3c(Cl)ccc4nonc34)ccc2C(F)(F)F)C1. The molecule has 0 saturated carbocycles. The molecule has 4 rings (SSSR count). The van der Waals surface area contributed by atoms with E-state index in [4.69, 9.17) is 16.3 Å². The first-order valence-electron chi connectivity index (χ1n) is 9.04. The van der Waals surface area contributed by atoms with Gasteiger partial charge in [-0.1, -0.05) is 11.6 Å². The van der Waals surface area contributed by atoms with Crippen molar-refractivity contribution in [2.75, 3.05) is 24.9 Å². The molecule has 1 saturated heterocycles. The fourth-order valence-corrected chi connectivity index (χ4v) is 5.07. The molecule has 0 bridgehead atoms. The van der Waals surface area contributed by atoms with Crippen LogP contribution in [-0.4, -0.2) is 49.9 Å². The van der Waals surface area contributed by atoms with Crippen molar-refractivity contribution in [2.45, 2.75) is 23.6 Å². The average Bonchev–Trinajstić information content (AvgIpc) is 3.28. The Bertz CT molecular complexity index is 1230. The summed E-state index contributed by atoms with van der Waals surface area (Å²) in [6, 6.07) is 5.51. The number of sulfonamides is 1. The van der Waals surface area contributed by atoms with Gasteiger partial charge in [0.15, 0.2) is 5.52 Å². The molecule has 13 heteroatoms. The Morgan fingerprint density at radius 3 is 2.71 bits per heavy atom. The van der Waals surface area contributed by atoms with Gasteiger partial charge in [0.2, 0.25) is 0 Å².